The number of amides is 2. The molecular weight excluding hydrogens is 418 g/mol. The van der Waals surface area contributed by atoms with Crippen molar-refractivity contribution in [3.63, 3.8) is 0 Å². The molecule has 32 heavy (non-hydrogen) atoms. The Hall–Kier alpha value is -3.43. The van der Waals surface area contributed by atoms with Gasteiger partial charge < -0.3 is 0 Å². The molecule has 0 radical (unpaired) electrons. The van der Waals surface area contributed by atoms with Crippen molar-refractivity contribution in [2.75, 3.05) is 4.90 Å². The topological polar surface area (TPSA) is 37.4 Å². The number of nitrogens with zero attached hydrogens (tertiary/aromatic N) is 1. The van der Waals surface area contributed by atoms with E-state index in [2.05, 4.69) is 12.1 Å². The molecule has 1 heterocycles. The molecule has 154 valence electrons. The van der Waals surface area contributed by atoms with Gasteiger partial charge in [-0.05, 0) is 45.2 Å². The van der Waals surface area contributed by atoms with Gasteiger partial charge in [0.15, 0.2) is 0 Å². The van der Waals surface area contributed by atoms with Gasteiger partial charge in [0, 0.05) is 5.92 Å². The number of halogens is 1. The van der Waals surface area contributed by atoms with Crippen molar-refractivity contribution < 1.29 is 9.59 Å². The van der Waals surface area contributed by atoms with Gasteiger partial charge in [0.2, 0.25) is 11.8 Å². The first-order chi connectivity index (χ1) is 15.6. The second-order valence-corrected chi connectivity index (χ2v) is 9.51. The third kappa shape index (κ3) is 2.03. The fourth-order valence-corrected chi connectivity index (χ4v) is 6.82. The maximum atomic E-state index is 13.9. The molecule has 2 atom stereocenters. The highest BCUT2D eigenvalue weighted by Gasteiger charge is 2.67. The first kappa shape index (κ1) is 18.2. The van der Waals surface area contributed by atoms with Crippen LogP contribution in [0.4, 0.5) is 5.69 Å². The van der Waals surface area contributed by atoms with Crippen LogP contribution in [0.15, 0.2) is 91.0 Å². The molecule has 4 aromatic carbocycles. The van der Waals surface area contributed by atoms with Crippen LogP contribution >= 0.6 is 11.6 Å². The fourth-order valence-electron chi connectivity index (χ4n) is 6.25. The molecule has 2 bridgehead atoms. The van der Waals surface area contributed by atoms with E-state index in [1.54, 1.807) is 0 Å². The number of alkyl halides is 1. The third-order valence-electron chi connectivity index (χ3n) is 7.51. The molecular formula is C28H18ClNO2. The number of carbonyl (C=O) groups excluding carboxylic acids is 2. The van der Waals surface area contributed by atoms with Crippen molar-refractivity contribution in [1.29, 1.82) is 0 Å². The summed E-state index contributed by atoms with van der Waals surface area (Å²) in [5, 5.41) is 2.07. The van der Waals surface area contributed by atoms with Crippen LogP contribution in [-0.2, 0) is 14.5 Å². The van der Waals surface area contributed by atoms with Gasteiger partial charge in [0.25, 0.3) is 0 Å². The molecule has 1 saturated heterocycles. The normalized spacial score (nSPS) is 27.4. The molecule has 0 aromatic heterocycles. The number of fused-ring (bicyclic) bond motifs is 1. The second-order valence-electron chi connectivity index (χ2n) is 8.91. The lowest BCUT2D eigenvalue weighted by atomic mass is 9.54. The van der Waals surface area contributed by atoms with E-state index < -0.39 is 16.7 Å². The maximum absolute atomic E-state index is 13.9. The first-order valence-corrected chi connectivity index (χ1v) is 11.2. The van der Waals surface area contributed by atoms with Crippen molar-refractivity contribution in [2.24, 2.45) is 11.8 Å². The number of benzene rings is 4. The quantitative estimate of drug-likeness (QED) is 0.289. The van der Waals surface area contributed by atoms with E-state index in [9.17, 15) is 9.59 Å². The van der Waals surface area contributed by atoms with Crippen molar-refractivity contribution in [3.05, 3.63) is 113 Å². The molecule has 1 fully saturated rings. The Morgan fingerprint density at radius 1 is 0.688 bits per heavy atom. The predicted molar refractivity (Wildman–Crippen MR) is 125 cm³/mol. The Bertz CT molecular complexity index is 1430. The number of imide groups is 1. The minimum absolute atomic E-state index is 0.158. The van der Waals surface area contributed by atoms with E-state index in [4.69, 9.17) is 11.6 Å². The monoisotopic (exact) mass is 435 g/mol. The first-order valence-electron chi connectivity index (χ1n) is 10.8. The van der Waals surface area contributed by atoms with Crippen LogP contribution in [0.5, 0.6) is 0 Å². The molecule has 0 spiro atoms. The average Bonchev–Trinajstić information content (AvgIpc) is 3.10. The lowest BCUT2D eigenvalue weighted by molar-refractivity contribution is -0.122. The number of hydrogen-bond donors (Lipinski definition) is 0. The summed E-state index contributed by atoms with van der Waals surface area (Å²) < 4.78 is 0. The van der Waals surface area contributed by atoms with Gasteiger partial charge in [-0.1, -0.05) is 78.9 Å². The molecule has 4 aromatic rings. The zero-order valence-corrected chi connectivity index (χ0v) is 17.8. The van der Waals surface area contributed by atoms with Crippen LogP contribution in [0, 0.1) is 11.8 Å². The lowest BCUT2D eigenvalue weighted by Gasteiger charge is -2.50. The zero-order chi connectivity index (χ0) is 21.6. The van der Waals surface area contributed by atoms with Gasteiger partial charge in [-0.2, -0.15) is 0 Å². The Labute approximate surface area is 190 Å². The van der Waals surface area contributed by atoms with Gasteiger partial charge in [-0.3, -0.25) is 9.59 Å². The number of rotatable bonds is 1. The Kier molecular flexibility index (Phi) is 3.45. The molecule has 2 unspecified atom stereocenters. The van der Waals surface area contributed by atoms with E-state index >= 15 is 0 Å². The van der Waals surface area contributed by atoms with E-state index in [1.165, 1.54) is 4.90 Å². The van der Waals surface area contributed by atoms with E-state index in [0.29, 0.717) is 5.69 Å². The molecule has 1 aliphatic heterocycles. The number of anilines is 1. The zero-order valence-electron chi connectivity index (χ0n) is 17.0. The van der Waals surface area contributed by atoms with Gasteiger partial charge >= 0.3 is 0 Å². The largest absolute Gasteiger partial charge is 0.274 e. The highest BCUT2D eigenvalue weighted by atomic mass is 35.5. The standard InChI is InChI=1S/C28H18ClNO2/c29-28-21-11-5-3-9-19(21)23(20-10-4-6-12-22(20)28)24-25(28)27(32)30(26(24)31)18-14-13-16-7-1-2-8-17(16)15-18/h1-15,23-25H. The molecule has 3 aliphatic carbocycles. The molecule has 0 saturated carbocycles. The van der Waals surface area contributed by atoms with E-state index in [1.807, 2.05) is 78.9 Å². The Morgan fingerprint density at radius 2 is 1.28 bits per heavy atom. The predicted octanol–water partition coefficient (Wildman–Crippen LogP) is 5.59. The SMILES string of the molecule is O=C1C2C3c4ccccc4C(Cl)(c4ccccc43)C2C(=O)N1c1ccc2ccccc2c1. The molecule has 4 aliphatic rings. The Balaban J connectivity index is 1.46. The molecule has 2 amide bonds. The summed E-state index contributed by atoms with van der Waals surface area (Å²) in [6.07, 6.45) is 0. The molecule has 8 rings (SSSR count). The van der Waals surface area contributed by atoms with Gasteiger partial charge in [0.05, 0.1) is 17.5 Å². The summed E-state index contributed by atoms with van der Waals surface area (Å²) >= 11 is 7.47. The maximum Gasteiger partial charge on any atom is 0.240 e. The highest BCUT2D eigenvalue weighted by Crippen LogP contribution is 2.65. The van der Waals surface area contributed by atoms with Crippen LogP contribution in [-0.4, -0.2) is 11.8 Å². The van der Waals surface area contributed by atoms with E-state index in [-0.39, 0.29) is 17.7 Å². The highest BCUT2D eigenvalue weighted by molar-refractivity contribution is 6.33. The second kappa shape index (κ2) is 6.08. The molecule has 0 N–H and O–H groups in total. The number of carbonyl (C=O) groups is 2. The minimum Gasteiger partial charge on any atom is -0.274 e. The third-order valence-corrected chi connectivity index (χ3v) is 8.15. The van der Waals surface area contributed by atoms with Crippen molar-refractivity contribution in [1.82, 2.24) is 0 Å². The van der Waals surface area contributed by atoms with Crippen molar-refractivity contribution in [3.8, 4) is 0 Å². The minimum atomic E-state index is -1.05. The summed E-state index contributed by atoms with van der Waals surface area (Å²) in [5.41, 5.74) is 4.63. The summed E-state index contributed by atoms with van der Waals surface area (Å²) in [6.45, 7) is 0. The van der Waals surface area contributed by atoms with Crippen LogP contribution in [0.1, 0.15) is 28.2 Å². The lowest BCUT2D eigenvalue weighted by Crippen LogP contribution is -2.50. The van der Waals surface area contributed by atoms with Crippen LogP contribution < -0.4 is 4.90 Å². The summed E-state index contributed by atoms with van der Waals surface area (Å²) in [5.74, 6) is -1.67. The van der Waals surface area contributed by atoms with Gasteiger partial charge in [-0.25, -0.2) is 4.90 Å². The smallest absolute Gasteiger partial charge is 0.240 e. The van der Waals surface area contributed by atoms with Crippen molar-refractivity contribution in [2.45, 2.75) is 10.8 Å². The average molecular weight is 436 g/mol. The van der Waals surface area contributed by atoms with E-state index in [0.717, 1.165) is 33.0 Å². The van der Waals surface area contributed by atoms with Crippen LogP contribution in [0.3, 0.4) is 0 Å². The van der Waals surface area contributed by atoms with Crippen LogP contribution in [0.25, 0.3) is 10.8 Å². The Morgan fingerprint density at radius 3 is 1.97 bits per heavy atom. The van der Waals surface area contributed by atoms with Crippen molar-refractivity contribution >= 4 is 39.9 Å². The summed E-state index contributed by atoms with van der Waals surface area (Å²) in [7, 11) is 0. The van der Waals surface area contributed by atoms with Gasteiger partial charge in [-0.15, -0.1) is 11.6 Å². The molecule has 3 nitrogen and oxygen atoms in total. The summed E-state index contributed by atoms with van der Waals surface area (Å²) in [6, 6.07) is 29.7. The van der Waals surface area contributed by atoms with Crippen LogP contribution in [0.2, 0.25) is 0 Å². The summed E-state index contributed by atoms with van der Waals surface area (Å²) in [4.78, 5) is 28.1. The number of hydrogen-bond acceptors (Lipinski definition) is 2. The molecule has 4 heteroatoms. The van der Waals surface area contributed by atoms with Gasteiger partial charge in [0.1, 0.15) is 4.87 Å². The fraction of sp³-hybridized carbons (Fsp3) is 0.143.